The van der Waals surface area contributed by atoms with Crippen LogP contribution in [0.4, 0.5) is 0 Å². The average molecular weight is 206 g/mol. The summed E-state index contributed by atoms with van der Waals surface area (Å²) in [7, 11) is 0. The molecule has 0 spiro atoms. The summed E-state index contributed by atoms with van der Waals surface area (Å²) in [6.45, 7) is 9.82. The van der Waals surface area contributed by atoms with E-state index in [9.17, 15) is 0 Å². The Morgan fingerprint density at radius 3 is 2.27 bits per heavy atom. The van der Waals surface area contributed by atoms with Gasteiger partial charge in [-0.3, -0.25) is 0 Å². The first kappa shape index (κ1) is 12.1. The van der Waals surface area contributed by atoms with Crippen molar-refractivity contribution in [3.8, 4) is 5.75 Å². The number of para-hydroxylation sites is 1. The smallest absolute Gasteiger partial charge is 0.119 e. The quantitative estimate of drug-likeness (QED) is 0.703. The van der Waals surface area contributed by atoms with Crippen LogP contribution in [0.15, 0.2) is 30.3 Å². The molecule has 1 aromatic rings. The van der Waals surface area contributed by atoms with E-state index in [1.54, 1.807) is 0 Å². The molecule has 0 aliphatic carbocycles. The van der Waals surface area contributed by atoms with Crippen molar-refractivity contribution in [2.45, 2.75) is 34.1 Å². The molecule has 0 aromatic heterocycles. The molecule has 0 bridgehead atoms. The molecule has 1 heteroatoms. The van der Waals surface area contributed by atoms with E-state index in [2.05, 4.69) is 27.7 Å². The summed E-state index contributed by atoms with van der Waals surface area (Å²) in [6.07, 6.45) is 1.19. The van der Waals surface area contributed by atoms with Crippen LogP contribution < -0.4 is 4.74 Å². The lowest BCUT2D eigenvalue weighted by atomic mass is 9.85. The maximum Gasteiger partial charge on any atom is 0.119 e. The molecule has 0 aliphatic rings. The molecule has 0 aliphatic heterocycles. The van der Waals surface area contributed by atoms with E-state index in [1.807, 2.05) is 30.3 Å². The highest BCUT2D eigenvalue weighted by molar-refractivity contribution is 5.20. The van der Waals surface area contributed by atoms with Gasteiger partial charge >= 0.3 is 0 Å². The van der Waals surface area contributed by atoms with Crippen molar-refractivity contribution in [1.82, 2.24) is 0 Å². The van der Waals surface area contributed by atoms with Gasteiger partial charge < -0.3 is 4.74 Å². The number of hydrogen-bond acceptors (Lipinski definition) is 1. The van der Waals surface area contributed by atoms with E-state index < -0.39 is 0 Å². The fourth-order valence-electron chi connectivity index (χ4n) is 1.96. The monoisotopic (exact) mass is 206 g/mol. The van der Waals surface area contributed by atoms with Crippen LogP contribution in [0.1, 0.15) is 34.1 Å². The zero-order chi connectivity index (χ0) is 11.3. The predicted molar refractivity (Wildman–Crippen MR) is 65.2 cm³/mol. The lowest BCUT2D eigenvalue weighted by Gasteiger charge is -2.26. The highest BCUT2D eigenvalue weighted by Gasteiger charge is 2.20. The molecule has 1 nitrogen and oxygen atoms in total. The van der Waals surface area contributed by atoms with Crippen molar-refractivity contribution in [1.29, 1.82) is 0 Å². The number of rotatable bonds is 5. The minimum absolute atomic E-state index is 0.254. The Hall–Kier alpha value is -0.980. The molecule has 0 radical (unpaired) electrons. The first-order valence-corrected chi connectivity index (χ1v) is 5.67. The van der Waals surface area contributed by atoms with Gasteiger partial charge in [0.15, 0.2) is 0 Å². The molecule has 0 saturated heterocycles. The van der Waals surface area contributed by atoms with Crippen LogP contribution in [0.25, 0.3) is 0 Å². The second-order valence-electron chi connectivity index (χ2n) is 5.36. The van der Waals surface area contributed by atoms with Crippen LogP contribution in [0.5, 0.6) is 5.75 Å². The highest BCUT2D eigenvalue weighted by atomic mass is 16.5. The van der Waals surface area contributed by atoms with Crippen molar-refractivity contribution < 1.29 is 4.74 Å². The van der Waals surface area contributed by atoms with Crippen molar-refractivity contribution >= 4 is 0 Å². The maximum absolute atomic E-state index is 5.77. The molecular weight excluding hydrogens is 184 g/mol. The molecular formula is C14H22O. The Labute approximate surface area is 93.5 Å². The Bertz CT molecular complexity index is 275. The van der Waals surface area contributed by atoms with Gasteiger partial charge in [-0.25, -0.2) is 0 Å². The summed E-state index contributed by atoms with van der Waals surface area (Å²) in [5.74, 6) is 1.69. The molecule has 1 rings (SSSR count). The summed E-state index contributed by atoms with van der Waals surface area (Å²) >= 11 is 0. The molecule has 0 unspecified atom stereocenters. The summed E-state index contributed by atoms with van der Waals surface area (Å²) < 4.78 is 5.77. The number of benzene rings is 1. The molecule has 0 amide bonds. The SMILES string of the molecule is CC(C)CC(C)(C)COc1ccccc1. The Morgan fingerprint density at radius 2 is 1.73 bits per heavy atom. The fourth-order valence-corrected chi connectivity index (χ4v) is 1.96. The molecule has 0 saturated carbocycles. The van der Waals surface area contributed by atoms with Gasteiger partial charge in [-0.1, -0.05) is 45.9 Å². The molecule has 1 aromatic carbocycles. The molecule has 15 heavy (non-hydrogen) atoms. The van der Waals surface area contributed by atoms with Gasteiger partial charge in [0, 0.05) is 0 Å². The largest absolute Gasteiger partial charge is 0.493 e. The lowest BCUT2D eigenvalue weighted by Crippen LogP contribution is -2.23. The van der Waals surface area contributed by atoms with Gasteiger partial charge in [0.05, 0.1) is 6.61 Å². The molecule has 0 atom stereocenters. The third-order valence-corrected chi connectivity index (χ3v) is 2.33. The third kappa shape index (κ3) is 4.87. The minimum atomic E-state index is 0.254. The zero-order valence-electron chi connectivity index (χ0n) is 10.3. The number of hydrogen-bond donors (Lipinski definition) is 0. The van der Waals surface area contributed by atoms with E-state index >= 15 is 0 Å². The topological polar surface area (TPSA) is 9.23 Å². The Balaban J connectivity index is 2.42. The predicted octanol–water partition coefficient (Wildman–Crippen LogP) is 4.14. The zero-order valence-corrected chi connectivity index (χ0v) is 10.3. The molecule has 0 heterocycles. The minimum Gasteiger partial charge on any atom is -0.493 e. The first-order valence-electron chi connectivity index (χ1n) is 5.67. The lowest BCUT2D eigenvalue weighted by molar-refractivity contribution is 0.154. The molecule has 84 valence electrons. The van der Waals surface area contributed by atoms with Gasteiger partial charge in [0.2, 0.25) is 0 Å². The first-order chi connectivity index (χ1) is 6.99. The van der Waals surface area contributed by atoms with Crippen molar-refractivity contribution in [2.24, 2.45) is 11.3 Å². The number of ether oxygens (including phenoxy) is 1. The van der Waals surface area contributed by atoms with Gasteiger partial charge in [-0.15, -0.1) is 0 Å². The van der Waals surface area contributed by atoms with E-state index in [4.69, 9.17) is 4.74 Å². The van der Waals surface area contributed by atoms with E-state index in [0.29, 0.717) is 0 Å². The van der Waals surface area contributed by atoms with Gasteiger partial charge in [0.25, 0.3) is 0 Å². The van der Waals surface area contributed by atoms with Crippen LogP contribution in [0.2, 0.25) is 0 Å². The van der Waals surface area contributed by atoms with Crippen molar-refractivity contribution in [2.75, 3.05) is 6.61 Å². The summed E-state index contributed by atoms with van der Waals surface area (Å²) in [4.78, 5) is 0. The van der Waals surface area contributed by atoms with Crippen molar-refractivity contribution in [3.63, 3.8) is 0 Å². The Kier molecular flexibility index (Phi) is 4.19. The van der Waals surface area contributed by atoms with Crippen LogP contribution in [0, 0.1) is 11.3 Å². The fraction of sp³-hybridized carbons (Fsp3) is 0.571. The summed E-state index contributed by atoms with van der Waals surface area (Å²) in [5, 5.41) is 0. The average Bonchev–Trinajstić information content (AvgIpc) is 2.15. The van der Waals surface area contributed by atoms with E-state index in [1.165, 1.54) is 6.42 Å². The maximum atomic E-state index is 5.77. The van der Waals surface area contributed by atoms with Crippen LogP contribution in [0.3, 0.4) is 0 Å². The van der Waals surface area contributed by atoms with Crippen LogP contribution in [-0.2, 0) is 0 Å². The van der Waals surface area contributed by atoms with Gasteiger partial charge in [0.1, 0.15) is 5.75 Å². The van der Waals surface area contributed by atoms with Gasteiger partial charge in [-0.05, 0) is 29.9 Å². The van der Waals surface area contributed by atoms with Crippen LogP contribution >= 0.6 is 0 Å². The second-order valence-corrected chi connectivity index (χ2v) is 5.36. The molecule has 0 N–H and O–H groups in total. The summed E-state index contributed by atoms with van der Waals surface area (Å²) in [6, 6.07) is 10.0. The summed E-state index contributed by atoms with van der Waals surface area (Å²) in [5.41, 5.74) is 0.254. The second kappa shape index (κ2) is 5.20. The normalized spacial score (nSPS) is 11.8. The van der Waals surface area contributed by atoms with Crippen molar-refractivity contribution in [3.05, 3.63) is 30.3 Å². The van der Waals surface area contributed by atoms with E-state index in [0.717, 1.165) is 18.3 Å². The van der Waals surface area contributed by atoms with Crippen LogP contribution in [-0.4, -0.2) is 6.61 Å². The molecule has 0 fully saturated rings. The standard InChI is InChI=1S/C14H22O/c1-12(2)10-14(3,4)11-15-13-8-6-5-7-9-13/h5-9,12H,10-11H2,1-4H3. The Morgan fingerprint density at radius 1 is 1.13 bits per heavy atom. The third-order valence-electron chi connectivity index (χ3n) is 2.33. The highest BCUT2D eigenvalue weighted by Crippen LogP contribution is 2.26. The van der Waals surface area contributed by atoms with E-state index in [-0.39, 0.29) is 5.41 Å². The van der Waals surface area contributed by atoms with Gasteiger partial charge in [-0.2, -0.15) is 0 Å².